The van der Waals surface area contributed by atoms with Crippen LogP contribution in [-0.4, -0.2) is 0 Å². The normalized spacial score (nSPS) is 11.2. The second-order valence-corrected chi connectivity index (χ2v) is 13.2. The number of rotatable bonds is 20. The number of aryl methyl sites for hydroxylation is 4. The van der Waals surface area contributed by atoms with Gasteiger partial charge in [-0.25, -0.2) is 0 Å². The highest BCUT2D eigenvalue weighted by Gasteiger charge is 2.05. The smallest absolute Gasteiger partial charge is 0.0346 e. The summed E-state index contributed by atoms with van der Waals surface area (Å²) >= 11 is 0. The third-order valence-corrected chi connectivity index (χ3v) is 9.31. The van der Waals surface area contributed by atoms with Crippen LogP contribution < -0.4 is 11.5 Å². The fourth-order valence-electron chi connectivity index (χ4n) is 6.37. The zero-order chi connectivity index (χ0) is 31.7. The van der Waals surface area contributed by atoms with Gasteiger partial charge in [-0.1, -0.05) is 132 Å². The first kappa shape index (κ1) is 34.4. The molecule has 0 heterocycles. The van der Waals surface area contributed by atoms with Crippen LogP contribution in [0.15, 0.2) is 84.9 Å². The van der Waals surface area contributed by atoms with Gasteiger partial charge in [0.1, 0.15) is 0 Å². The first-order chi connectivity index (χ1) is 22.0. The number of nitrogen functional groups attached to an aromatic ring is 2. The van der Waals surface area contributed by atoms with Crippen LogP contribution in [0.3, 0.4) is 0 Å². The molecule has 0 bridgehead atoms. The minimum Gasteiger partial charge on any atom is -0.399 e. The summed E-state index contributed by atoms with van der Waals surface area (Å²) < 4.78 is 0. The SMILES string of the molecule is CCCCc1cc(Cc2ccc(CCCCCCCCCc3ccc(Cc4ccc(N)c(CCCC)c4)cc3)cc2)ccc1N. The zero-order valence-electron chi connectivity index (χ0n) is 28.3. The van der Waals surface area contributed by atoms with E-state index in [0.717, 1.165) is 37.1 Å². The predicted molar refractivity (Wildman–Crippen MR) is 197 cm³/mol. The molecule has 4 N–H and O–H groups in total. The Bertz CT molecular complexity index is 1290. The molecular formula is C43H58N2. The summed E-state index contributed by atoms with van der Waals surface area (Å²) in [6.45, 7) is 4.47. The molecule has 4 rings (SSSR count). The molecule has 2 nitrogen and oxygen atoms in total. The monoisotopic (exact) mass is 602 g/mol. The van der Waals surface area contributed by atoms with E-state index in [2.05, 4.69) is 98.8 Å². The molecule has 0 spiro atoms. The molecule has 240 valence electrons. The standard InChI is InChI=1S/C43H58N2/c1-3-5-16-40-32-38(26-28-42(40)44)30-36-22-18-34(19-23-36)14-12-10-8-7-9-11-13-15-35-20-24-37(25-21-35)31-39-27-29-43(45)41(33-39)17-6-4-2/h18-29,32-33H,3-17,30-31,44-45H2,1-2H3. The Balaban J connectivity index is 1.05. The third kappa shape index (κ3) is 12.1. The van der Waals surface area contributed by atoms with Gasteiger partial charge in [0.15, 0.2) is 0 Å². The summed E-state index contributed by atoms with van der Waals surface area (Å²) in [7, 11) is 0. The van der Waals surface area contributed by atoms with Crippen molar-refractivity contribution >= 4 is 11.4 Å². The Morgan fingerprint density at radius 1 is 0.356 bits per heavy atom. The number of unbranched alkanes of at least 4 members (excludes halogenated alkanes) is 8. The maximum atomic E-state index is 6.20. The first-order valence-electron chi connectivity index (χ1n) is 17.9. The van der Waals surface area contributed by atoms with Gasteiger partial charge in [-0.15, -0.1) is 0 Å². The van der Waals surface area contributed by atoms with Gasteiger partial charge in [0.25, 0.3) is 0 Å². The van der Waals surface area contributed by atoms with Crippen molar-refractivity contribution in [1.82, 2.24) is 0 Å². The highest BCUT2D eigenvalue weighted by Crippen LogP contribution is 2.22. The summed E-state index contributed by atoms with van der Waals surface area (Å²) in [6, 6.07) is 31.7. The summed E-state index contributed by atoms with van der Waals surface area (Å²) in [5, 5.41) is 0. The average Bonchev–Trinajstić information content (AvgIpc) is 3.06. The molecule has 0 radical (unpaired) electrons. The van der Waals surface area contributed by atoms with E-state index >= 15 is 0 Å². The molecule has 4 aromatic carbocycles. The lowest BCUT2D eigenvalue weighted by Crippen LogP contribution is -1.97. The van der Waals surface area contributed by atoms with Crippen LogP contribution >= 0.6 is 0 Å². The minimum absolute atomic E-state index is 0.936. The van der Waals surface area contributed by atoms with Gasteiger partial charge in [-0.3, -0.25) is 0 Å². The van der Waals surface area contributed by atoms with Crippen LogP contribution in [0.4, 0.5) is 11.4 Å². The average molecular weight is 603 g/mol. The first-order valence-corrected chi connectivity index (χ1v) is 17.9. The number of benzene rings is 4. The maximum Gasteiger partial charge on any atom is 0.0346 e. The van der Waals surface area contributed by atoms with Crippen LogP contribution in [0.2, 0.25) is 0 Å². The fourth-order valence-corrected chi connectivity index (χ4v) is 6.37. The van der Waals surface area contributed by atoms with Crippen molar-refractivity contribution in [2.24, 2.45) is 0 Å². The highest BCUT2D eigenvalue weighted by molar-refractivity contribution is 5.50. The van der Waals surface area contributed by atoms with Crippen LogP contribution in [0.25, 0.3) is 0 Å². The molecule has 0 fully saturated rings. The molecular weight excluding hydrogens is 544 g/mol. The van der Waals surface area contributed by atoms with Gasteiger partial charge in [0.2, 0.25) is 0 Å². The summed E-state index contributed by atoms with van der Waals surface area (Å²) in [4.78, 5) is 0. The van der Waals surface area contributed by atoms with Crippen LogP contribution in [0, 0.1) is 0 Å². The van der Waals surface area contributed by atoms with Crippen molar-refractivity contribution in [3.05, 3.63) is 129 Å². The molecule has 0 aromatic heterocycles. The molecule has 45 heavy (non-hydrogen) atoms. The number of hydrogen-bond acceptors (Lipinski definition) is 2. The van der Waals surface area contributed by atoms with Gasteiger partial charge in [0.05, 0.1) is 0 Å². The molecule has 0 aliphatic rings. The van der Waals surface area contributed by atoms with E-state index < -0.39 is 0 Å². The minimum atomic E-state index is 0.936. The molecule has 0 unspecified atom stereocenters. The van der Waals surface area contributed by atoms with E-state index in [1.165, 1.54) is 128 Å². The lowest BCUT2D eigenvalue weighted by atomic mass is 9.97. The van der Waals surface area contributed by atoms with Gasteiger partial charge in [-0.05, 0) is 121 Å². The fraction of sp³-hybridized carbons (Fsp3) is 0.442. The van der Waals surface area contributed by atoms with Crippen molar-refractivity contribution in [3.63, 3.8) is 0 Å². The molecule has 2 heteroatoms. The molecule has 0 aliphatic carbocycles. The number of nitrogens with two attached hydrogens (primary N) is 2. The van der Waals surface area contributed by atoms with Crippen molar-refractivity contribution in [2.45, 2.75) is 123 Å². The molecule has 0 saturated carbocycles. The molecule has 0 amide bonds. The molecule has 4 aromatic rings. The Morgan fingerprint density at radius 3 is 1.07 bits per heavy atom. The van der Waals surface area contributed by atoms with Crippen molar-refractivity contribution in [2.75, 3.05) is 11.5 Å². The Labute approximate surface area is 274 Å². The van der Waals surface area contributed by atoms with E-state index in [1.54, 1.807) is 0 Å². The zero-order valence-corrected chi connectivity index (χ0v) is 28.3. The topological polar surface area (TPSA) is 52.0 Å². The van der Waals surface area contributed by atoms with E-state index in [1.807, 2.05) is 0 Å². The van der Waals surface area contributed by atoms with Gasteiger partial charge < -0.3 is 11.5 Å². The van der Waals surface area contributed by atoms with Crippen molar-refractivity contribution in [3.8, 4) is 0 Å². The van der Waals surface area contributed by atoms with Crippen LogP contribution in [-0.2, 0) is 38.5 Å². The Hall–Kier alpha value is -3.52. The van der Waals surface area contributed by atoms with E-state index in [-0.39, 0.29) is 0 Å². The lowest BCUT2D eigenvalue weighted by Gasteiger charge is -2.09. The molecule has 0 atom stereocenters. The number of anilines is 2. The molecule has 0 saturated heterocycles. The predicted octanol–water partition coefficient (Wildman–Crippen LogP) is 11.2. The lowest BCUT2D eigenvalue weighted by molar-refractivity contribution is 0.579. The highest BCUT2D eigenvalue weighted by atomic mass is 14.6. The largest absolute Gasteiger partial charge is 0.399 e. The Morgan fingerprint density at radius 2 is 0.689 bits per heavy atom. The third-order valence-electron chi connectivity index (χ3n) is 9.31. The van der Waals surface area contributed by atoms with Crippen molar-refractivity contribution < 1.29 is 0 Å². The summed E-state index contributed by atoms with van der Waals surface area (Å²) in [5.74, 6) is 0. The maximum absolute atomic E-state index is 6.20. The quantitative estimate of drug-likeness (QED) is 0.0781. The molecule has 0 aliphatic heterocycles. The summed E-state index contributed by atoms with van der Waals surface area (Å²) in [6.07, 6.45) is 20.6. The second kappa shape index (κ2) is 19.1. The number of hydrogen-bond donors (Lipinski definition) is 2. The van der Waals surface area contributed by atoms with Crippen molar-refractivity contribution in [1.29, 1.82) is 0 Å². The Kier molecular flexibility index (Phi) is 14.6. The summed E-state index contributed by atoms with van der Waals surface area (Å²) in [5.41, 5.74) is 25.3. The van der Waals surface area contributed by atoms with E-state index in [0.29, 0.717) is 0 Å². The second-order valence-electron chi connectivity index (χ2n) is 13.2. The van der Waals surface area contributed by atoms with Gasteiger partial charge >= 0.3 is 0 Å². The van der Waals surface area contributed by atoms with E-state index in [4.69, 9.17) is 11.5 Å². The van der Waals surface area contributed by atoms with Gasteiger partial charge in [-0.2, -0.15) is 0 Å². The van der Waals surface area contributed by atoms with Crippen LogP contribution in [0.1, 0.15) is 129 Å². The van der Waals surface area contributed by atoms with Gasteiger partial charge in [0, 0.05) is 11.4 Å². The van der Waals surface area contributed by atoms with E-state index in [9.17, 15) is 0 Å². The van der Waals surface area contributed by atoms with Crippen LogP contribution in [0.5, 0.6) is 0 Å².